The maximum absolute atomic E-state index is 4.25. The van der Waals surface area contributed by atoms with Gasteiger partial charge in [0, 0.05) is 19.8 Å². The maximum Gasteiger partial charge on any atom is 0.209 e. The van der Waals surface area contributed by atoms with Crippen molar-refractivity contribution in [2.45, 2.75) is 10.9 Å². The molecule has 0 aliphatic heterocycles. The van der Waals surface area contributed by atoms with E-state index in [0.717, 1.165) is 16.7 Å². The third-order valence-corrected chi connectivity index (χ3v) is 2.94. The van der Waals surface area contributed by atoms with Gasteiger partial charge in [-0.05, 0) is 10.4 Å². The summed E-state index contributed by atoms with van der Waals surface area (Å²) in [7, 11) is 3.61. The lowest BCUT2D eigenvalue weighted by Gasteiger charge is -2.01. The second-order valence-electron chi connectivity index (χ2n) is 3.02. The molecule has 2 rings (SSSR count). The zero-order valence-corrected chi connectivity index (χ0v) is 9.77. The van der Waals surface area contributed by atoms with Gasteiger partial charge in [0.2, 0.25) is 5.16 Å². The second kappa shape index (κ2) is 4.88. The zero-order chi connectivity index (χ0) is 11.4. The molecule has 16 heavy (non-hydrogen) atoms. The number of thioether (sulfide) groups is 1. The van der Waals surface area contributed by atoms with E-state index in [0.29, 0.717) is 5.75 Å². The molecule has 0 bridgehead atoms. The number of anilines is 1. The van der Waals surface area contributed by atoms with Crippen LogP contribution < -0.4 is 5.32 Å². The summed E-state index contributed by atoms with van der Waals surface area (Å²) in [6.07, 6.45) is 3.44. The average Bonchev–Trinajstić information content (AvgIpc) is 2.73. The first-order chi connectivity index (χ1) is 7.79. The van der Waals surface area contributed by atoms with Crippen molar-refractivity contribution in [3.8, 4) is 0 Å². The summed E-state index contributed by atoms with van der Waals surface area (Å²) in [5, 5.41) is 14.9. The average molecular weight is 237 g/mol. The molecule has 2 heterocycles. The normalized spacial score (nSPS) is 10.4. The fourth-order valence-electron chi connectivity index (χ4n) is 1.04. The number of hydrogen-bond acceptors (Lipinski definition) is 7. The molecule has 2 aromatic heterocycles. The molecule has 0 atom stereocenters. The van der Waals surface area contributed by atoms with Gasteiger partial charge in [0.1, 0.15) is 5.82 Å². The molecule has 0 fully saturated rings. The Labute approximate surface area is 96.7 Å². The highest BCUT2D eigenvalue weighted by atomic mass is 32.2. The van der Waals surface area contributed by atoms with E-state index in [1.165, 1.54) is 11.8 Å². The van der Waals surface area contributed by atoms with Crippen LogP contribution in [0, 0.1) is 0 Å². The Morgan fingerprint density at radius 1 is 1.38 bits per heavy atom. The van der Waals surface area contributed by atoms with Gasteiger partial charge in [-0.3, -0.25) is 4.98 Å². The Morgan fingerprint density at radius 2 is 2.25 bits per heavy atom. The largest absolute Gasteiger partial charge is 0.372 e. The van der Waals surface area contributed by atoms with E-state index in [1.807, 2.05) is 7.05 Å². The number of aromatic nitrogens is 6. The second-order valence-corrected chi connectivity index (χ2v) is 3.96. The van der Waals surface area contributed by atoms with Gasteiger partial charge in [-0.1, -0.05) is 11.8 Å². The lowest BCUT2D eigenvalue weighted by Crippen LogP contribution is -1.97. The highest BCUT2D eigenvalue weighted by Crippen LogP contribution is 2.17. The van der Waals surface area contributed by atoms with Gasteiger partial charge in [0.15, 0.2) is 0 Å². The van der Waals surface area contributed by atoms with E-state index in [9.17, 15) is 0 Å². The van der Waals surface area contributed by atoms with Crippen molar-refractivity contribution in [3.05, 3.63) is 18.1 Å². The van der Waals surface area contributed by atoms with Crippen LogP contribution in [0.5, 0.6) is 0 Å². The smallest absolute Gasteiger partial charge is 0.209 e. The van der Waals surface area contributed by atoms with Gasteiger partial charge >= 0.3 is 0 Å². The van der Waals surface area contributed by atoms with E-state index in [4.69, 9.17) is 0 Å². The maximum atomic E-state index is 4.25. The highest BCUT2D eigenvalue weighted by Gasteiger charge is 2.04. The minimum Gasteiger partial charge on any atom is -0.372 e. The molecule has 8 heteroatoms. The first kappa shape index (κ1) is 10.8. The van der Waals surface area contributed by atoms with Crippen molar-refractivity contribution < 1.29 is 0 Å². The van der Waals surface area contributed by atoms with Crippen LogP contribution in [0.2, 0.25) is 0 Å². The molecule has 7 nitrogen and oxygen atoms in total. The summed E-state index contributed by atoms with van der Waals surface area (Å²) in [5.41, 5.74) is 0.895. The molecule has 0 aromatic carbocycles. The SMILES string of the molecule is CNc1cnc(CSc2nnnn2C)cn1. The molecule has 0 aliphatic rings. The standard InChI is InChI=1S/C8H11N7S/c1-9-7-4-10-6(3-11-7)5-16-8-12-13-14-15(8)2/h3-4H,5H2,1-2H3,(H,9,11). The molecule has 2 aromatic rings. The van der Waals surface area contributed by atoms with Crippen LogP contribution in [-0.4, -0.2) is 37.2 Å². The third kappa shape index (κ3) is 2.45. The predicted molar refractivity (Wildman–Crippen MR) is 59.9 cm³/mol. The summed E-state index contributed by atoms with van der Waals surface area (Å²) in [4.78, 5) is 8.43. The summed E-state index contributed by atoms with van der Waals surface area (Å²) >= 11 is 1.52. The Morgan fingerprint density at radius 3 is 2.81 bits per heavy atom. The van der Waals surface area contributed by atoms with E-state index < -0.39 is 0 Å². The minimum absolute atomic E-state index is 0.700. The highest BCUT2D eigenvalue weighted by molar-refractivity contribution is 7.98. The van der Waals surface area contributed by atoms with Crippen LogP contribution in [0.3, 0.4) is 0 Å². The summed E-state index contributed by atoms with van der Waals surface area (Å²) in [6.45, 7) is 0. The first-order valence-electron chi connectivity index (χ1n) is 4.63. The Kier molecular flexibility index (Phi) is 3.30. The predicted octanol–water partition coefficient (Wildman–Crippen LogP) is 0.334. The topological polar surface area (TPSA) is 81.4 Å². The quantitative estimate of drug-likeness (QED) is 0.767. The van der Waals surface area contributed by atoms with Crippen LogP contribution in [0.25, 0.3) is 0 Å². The molecule has 0 aliphatic carbocycles. The lowest BCUT2D eigenvalue weighted by atomic mass is 10.5. The van der Waals surface area contributed by atoms with Gasteiger partial charge in [-0.25, -0.2) is 9.67 Å². The molecule has 1 N–H and O–H groups in total. The van der Waals surface area contributed by atoms with Crippen molar-refractivity contribution in [2.75, 3.05) is 12.4 Å². The van der Waals surface area contributed by atoms with E-state index >= 15 is 0 Å². The fourth-order valence-corrected chi connectivity index (χ4v) is 1.78. The molecular formula is C8H11N7S. The lowest BCUT2D eigenvalue weighted by molar-refractivity contribution is 0.664. The van der Waals surface area contributed by atoms with E-state index in [1.54, 1.807) is 24.1 Å². The van der Waals surface area contributed by atoms with Gasteiger partial charge in [0.25, 0.3) is 0 Å². The van der Waals surface area contributed by atoms with Crippen LogP contribution >= 0.6 is 11.8 Å². The zero-order valence-electron chi connectivity index (χ0n) is 8.95. The summed E-state index contributed by atoms with van der Waals surface area (Å²) in [6, 6.07) is 0. The van der Waals surface area contributed by atoms with Crippen molar-refractivity contribution in [1.29, 1.82) is 0 Å². The molecule has 0 amide bonds. The number of aryl methyl sites for hydroxylation is 1. The molecular weight excluding hydrogens is 226 g/mol. The van der Waals surface area contributed by atoms with E-state index in [2.05, 4.69) is 30.8 Å². The molecule has 0 radical (unpaired) electrons. The molecule has 0 unspecified atom stereocenters. The number of tetrazole rings is 1. The molecule has 0 spiro atoms. The fraction of sp³-hybridized carbons (Fsp3) is 0.375. The van der Waals surface area contributed by atoms with Gasteiger partial charge < -0.3 is 5.32 Å². The Balaban J connectivity index is 1.97. The monoisotopic (exact) mass is 237 g/mol. The Hall–Kier alpha value is -1.70. The van der Waals surface area contributed by atoms with Crippen molar-refractivity contribution in [3.63, 3.8) is 0 Å². The minimum atomic E-state index is 0.700. The molecule has 0 saturated heterocycles. The number of rotatable bonds is 4. The molecule has 0 saturated carbocycles. The van der Waals surface area contributed by atoms with Gasteiger partial charge in [-0.2, -0.15) is 0 Å². The number of nitrogens with zero attached hydrogens (tertiary/aromatic N) is 6. The van der Waals surface area contributed by atoms with Crippen molar-refractivity contribution >= 4 is 17.6 Å². The van der Waals surface area contributed by atoms with Crippen LogP contribution in [0.4, 0.5) is 5.82 Å². The van der Waals surface area contributed by atoms with Crippen LogP contribution in [0.1, 0.15) is 5.69 Å². The van der Waals surface area contributed by atoms with Crippen molar-refractivity contribution in [2.24, 2.45) is 7.05 Å². The first-order valence-corrected chi connectivity index (χ1v) is 5.62. The van der Waals surface area contributed by atoms with Crippen LogP contribution in [-0.2, 0) is 12.8 Å². The Bertz CT molecular complexity index is 452. The number of hydrogen-bond donors (Lipinski definition) is 1. The van der Waals surface area contributed by atoms with E-state index in [-0.39, 0.29) is 0 Å². The third-order valence-electron chi connectivity index (χ3n) is 1.89. The summed E-state index contributed by atoms with van der Waals surface area (Å²) < 4.78 is 1.63. The molecule has 84 valence electrons. The van der Waals surface area contributed by atoms with Crippen molar-refractivity contribution in [1.82, 2.24) is 30.2 Å². The number of nitrogens with one attached hydrogen (secondary N) is 1. The van der Waals surface area contributed by atoms with Crippen LogP contribution in [0.15, 0.2) is 17.6 Å². The summed E-state index contributed by atoms with van der Waals surface area (Å²) in [5.74, 6) is 1.46. The van der Waals surface area contributed by atoms with Gasteiger partial charge in [0.05, 0.1) is 18.1 Å². The van der Waals surface area contributed by atoms with Gasteiger partial charge in [-0.15, -0.1) is 5.10 Å².